The number of alkyl halides is 2. The smallest absolute Gasteiger partial charge is 0.404 e. The van der Waals surface area contributed by atoms with Gasteiger partial charge in [-0.15, -0.1) is 0 Å². The Kier molecular flexibility index (Phi) is 8.52. The number of carbonyl (C=O) groups excluding carboxylic acids is 2. The number of urea groups is 1. The molecule has 3 heterocycles. The minimum atomic E-state index is -2.78. The molecule has 1 aromatic carbocycles. The summed E-state index contributed by atoms with van der Waals surface area (Å²) >= 11 is 0. The first-order valence-electron chi connectivity index (χ1n) is 16.6. The Morgan fingerprint density at radius 2 is 1.93 bits per heavy atom. The third-order valence-corrected chi connectivity index (χ3v) is 11.6. The van der Waals surface area contributed by atoms with Gasteiger partial charge in [-0.3, -0.25) is 9.69 Å². The lowest BCUT2D eigenvalue weighted by Crippen LogP contribution is -2.65. The fourth-order valence-electron chi connectivity index (χ4n) is 8.60. The Balaban J connectivity index is 1.08. The zero-order chi connectivity index (χ0) is 33.1. The highest BCUT2D eigenvalue weighted by atomic mass is 19.3. The third-order valence-electron chi connectivity index (χ3n) is 11.6. The third kappa shape index (κ3) is 6.18. The average Bonchev–Trinajstić information content (AvgIpc) is 3.71. The van der Waals surface area contributed by atoms with Gasteiger partial charge in [-0.1, -0.05) is 44.2 Å². The van der Waals surface area contributed by atoms with E-state index in [-0.39, 0.29) is 48.7 Å². The summed E-state index contributed by atoms with van der Waals surface area (Å²) in [5.74, 6) is -2.66. The number of nitrogens with zero attached hydrogens (tertiary/aromatic N) is 3. The minimum absolute atomic E-state index is 0.0128. The van der Waals surface area contributed by atoms with Crippen LogP contribution in [0.4, 0.5) is 13.6 Å². The highest BCUT2D eigenvalue weighted by Gasteiger charge is 2.68. The number of nitrogens with one attached hydrogen (secondary N) is 2. The van der Waals surface area contributed by atoms with Gasteiger partial charge in [0.1, 0.15) is 11.6 Å². The molecule has 3 saturated heterocycles. The lowest BCUT2D eigenvalue weighted by Gasteiger charge is -2.64. The van der Waals surface area contributed by atoms with Gasteiger partial charge in [0.25, 0.3) is 11.8 Å². The first-order chi connectivity index (χ1) is 21.6. The number of nitriles is 1. The zero-order valence-corrected chi connectivity index (χ0v) is 27.5. The van der Waals surface area contributed by atoms with Gasteiger partial charge in [0.05, 0.1) is 24.2 Å². The monoisotopic (exact) mass is 637 g/mol. The van der Waals surface area contributed by atoms with E-state index in [0.29, 0.717) is 31.2 Å². The summed E-state index contributed by atoms with van der Waals surface area (Å²) in [5, 5.41) is 15.9. The van der Waals surface area contributed by atoms with Crippen LogP contribution in [0.5, 0.6) is 0 Å². The van der Waals surface area contributed by atoms with E-state index in [1.807, 2.05) is 36.4 Å². The Labute approximate surface area is 271 Å². The van der Waals surface area contributed by atoms with Crippen molar-refractivity contribution in [3.63, 3.8) is 0 Å². The number of hydrogen-bond donors (Lipinski definition) is 2. The fourth-order valence-corrected chi connectivity index (χ4v) is 8.60. The molecule has 6 fully saturated rings. The summed E-state index contributed by atoms with van der Waals surface area (Å²) < 4.78 is 41.0. The summed E-state index contributed by atoms with van der Waals surface area (Å²) in [6, 6.07) is 11.2. The summed E-state index contributed by atoms with van der Waals surface area (Å²) in [5.41, 5.74) is -0.119. The van der Waals surface area contributed by atoms with E-state index in [4.69, 9.17) is 9.31 Å². The number of rotatable bonds is 8. The van der Waals surface area contributed by atoms with Crippen molar-refractivity contribution < 1.29 is 27.7 Å². The van der Waals surface area contributed by atoms with Crippen LogP contribution in [0.2, 0.25) is 0 Å². The van der Waals surface area contributed by atoms with Crippen molar-refractivity contribution in [3.05, 3.63) is 47.5 Å². The minimum Gasteiger partial charge on any atom is -0.404 e. The van der Waals surface area contributed by atoms with Gasteiger partial charge in [-0.25, -0.2) is 13.6 Å². The van der Waals surface area contributed by atoms with Crippen LogP contribution in [0.25, 0.3) is 0 Å². The van der Waals surface area contributed by atoms with E-state index in [1.54, 1.807) is 23.6 Å². The van der Waals surface area contributed by atoms with Gasteiger partial charge in [-0.05, 0) is 75.3 Å². The molecule has 3 aliphatic heterocycles. The second-order valence-electron chi connectivity index (χ2n) is 15.3. The molecule has 9 nitrogen and oxygen atoms in total. The molecule has 2 N–H and O–H groups in total. The lowest BCUT2D eigenvalue weighted by atomic mass is 9.43. The largest absolute Gasteiger partial charge is 0.482 e. The summed E-state index contributed by atoms with van der Waals surface area (Å²) in [4.78, 5) is 29.9. The quantitative estimate of drug-likeness (QED) is 0.250. The zero-order valence-electron chi connectivity index (χ0n) is 27.5. The molecule has 0 aromatic heterocycles. The Morgan fingerprint density at radius 3 is 2.59 bits per heavy atom. The van der Waals surface area contributed by atoms with Crippen molar-refractivity contribution in [1.82, 2.24) is 20.4 Å². The molecule has 1 aromatic rings. The van der Waals surface area contributed by atoms with Crippen molar-refractivity contribution in [1.29, 1.82) is 5.26 Å². The fraction of sp³-hybridized carbons (Fsp3) is 0.676. The summed E-state index contributed by atoms with van der Waals surface area (Å²) in [6.45, 7) is 10.7. The average molecular weight is 638 g/mol. The van der Waals surface area contributed by atoms with Crippen molar-refractivity contribution in [2.24, 2.45) is 17.3 Å². The standard InChI is InChI=1S/C34H46BF2N5O4/c1-31(2,42-14-12-34(36,37)21-42)18-23(19-38)29(43)41-13-11-25(20-41)39-30(44)40-28(15-22-9-7-6-8-10-22)35-45-27-17-24-16-26(32(24,3)4)33(27,5)46-35/h6-10,18,24-28H,11-17,20-21H2,1-5H3,(H2,39,40,44)/t24-,25?,26-,27+,28-,33-/m0/s1. The Bertz CT molecular complexity index is 1420. The van der Waals surface area contributed by atoms with Crippen LogP contribution in [0.3, 0.4) is 0 Å². The van der Waals surface area contributed by atoms with E-state index >= 15 is 0 Å². The molecule has 248 valence electrons. The first-order valence-corrected chi connectivity index (χ1v) is 16.6. The lowest BCUT2D eigenvalue weighted by molar-refractivity contribution is -0.199. The second-order valence-corrected chi connectivity index (χ2v) is 15.3. The van der Waals surface area contributed by atoms with E-state index < -0.39 is 42.6 Å². The first kappa shape index (κ1) is 32.9. The molecule has 3 amide bonds. The van der Waals surface area contributed by atoms with Gasteiger partial charge in [0.2, 0.25) is 0 Å². The van der Waals surface area contributed by atoms with Gasteiger partial charge in [0.15, 0.2) is 0 Å². The molecule has 7 rings (SSSR count). The topological polar surface area (TPSA) is 107 Å². The molecule has 0 spiro atoms. The van der Waals surface area contributed by atoms with Crippen LogP contribution in [-0.2, 0) is 20.5 Å². The number of hydrogen-bond acceptors (Lipinski definition) is 6. The van der Waals surface area contributed by atoms with E-state index in [1.165, 1.54) is 6.08 Å². The molecule has 46 heavy (non-hydrogen) atoms. The van der Waals surface area contributed by atoms with Crippen LogP contribution in [0.1, 0.15) is 65.9 Å². The van der Waals surface area contributed by atoms with E-state index in [9.17, 15) is 23.6 Å². The molecule has 2 bridgehead atoms. The van der Waals surface area contributed by atoms with Crippen molar-refractivity contribution in [2.45, 2.75) is 102 Å². The maximum atomic E-state index is 13.8. The number of carbonyl (C=O) groups is 2. The van der Waals surface area contributed by atoms with Crippen molar-refractivity contribution in [3.8, 4) is 6.07 Å². The van der Waals surface area contributed by atoms with Crippen LogP contribution < -0.4 is 10.6 Å². The molecule has 0 radical (unpaired) electrons. The Hall–Kier alpha value is -3.01. The number of benzene rings is 1. The summed E-state index contributed by atoms with van der Waals surface area (Å²) in [7, 11) is -0.597. The molecule has 1 unspecified atom stereocenters. The molecule has 3 saturated carbocycles. The highest BCUT2D eigenvalue weighted by molar-refractivity contribution is 6.48. The van der Waals surface area contributed by atoms with Crippen LogP contribution in [0, 0.1) is 28.6 Å². The Morgan fingerprint density at radius 1 is 1.20 bits per heavy atom. The van der Waals surface area contributed by atoms with Crippen LogP contribution in [0.15, 0.2) is 42.0 Å². The SMILES string of the molecule is CC1(C)[C@@H]2C[C@H]3OB([C@H](Cc4ccccc4)NC(=O)NC4CCN(C(=O)C(C#N)=CC(C)(C)N5CCC(F)(F)C5)C4)O[C@@]3(C)[C@H]1C2. The predicted octanol–water partition coefficient (Wildman–Crippen LogP) is 4.33. The molecule has 6 atom stereocenters. The molecule has 6 aliphatic rings. The molecule has 12 heteroatoms. The second kappa shape index (κ2) is 11.9. The number of halogens is 2. The van der Waals surface area contributed by atoms with E-state index in [0.717, 1.165) is 18.4 Å². The van der Waals surface area contributed by atoms with Gasteiger partial charge >= 0.3 is 13.1 Å². The van der Waals surface area contributed by atoms with Gasteiger partial charge < -0.3 is 24.8 Å². The van der Waals surface area contributed by atoms with Gasteiger partial charge in [0, 0.05) is 37.6 Å². The highest BCUT2D eigenvalue weighted by Crippen LogP contribution is 2.65. The number of amides is 3. The van der Waals surface area contributed by atoms with E-state index in [2.05, 4.69) is 31.4 Å². The number of likely N-dealkylation sites (tertiary alicyclic amines) is 2. The van der Waals surface area contributed by atoms with Crippen LogP contribution >= 0.6 is 0 Å². The van der Waals surface area contributed by atoms with Gasteiger partial charge in [-0.2, -0.15) is 5.26 Å². The van der Waals surface area contributed by atoms with Crippen LogP contribution in [-0.4, -0.2) is 90.2 Å². The van der Waals surface area contributed by atoms with Crippen molar-refractivity contribution >= 4 is 19.1 Å². The molecule has 3 aliphatic carbocycles. The molecular formula is C34H46BF2N5O4. The molecular weight excluding hydrogens is 591 g/mol. The maximum Gasteiger partial charge on any atom is 0.482 e. The predicted molar refractivity (Wildman–Crippen MR) is 170 cm³/mol. The maximum absolute atomic E-state index is 13.8. The van der Waals surface area contributed by atoms with Crippen molar-refractivity contribution in [2.75, 3.05) is 26.2 Å². The summed E-state index contributed by atoms with van der Waals surface area (Å²) in [6.07, 6.45) is 4.38. The normalized spacial score (nSPS) is 32.3.